The topological polar surface area (TPSA) is 455 Å². The van der Waals surface area contributed by atoms with Crippen molar-refractivity contribution in [2.45, 2.75) is 170 Å². The van der Waals surface area contributed by atoms with E-state index in [2.05, 4.69) is 92.9 Å². The number of carboxylic acid groups (broad SMARTS) is 1. The molecule has 16 rings (SSSR count). The molecule has 4 aromatic carbocycles. The quantitative estimate of drug-likeness (QED) is 0.0146. The molecule has 4 aromatic heterocycles. The lowest BCUT2D eigenvalue weighted by atomic mass is 9.99. The van der Waals surface area contributed by atoms with E-state index in [9.17, 15) is 72.2 Å². The molecule has 4 atom stereocenters. The summed E-state index contributed by atoms with van der Waals surface area (Å²) in [6, 6.07) is 20.2. The van der Waals surface area contributed by atoms with E-state index < -0.39 is 89.9 Å². The van der Waals surface area contributed by atoms with Gasteiger partial charge < -0.3 is 55.4 Å². The molecular formula is C96H116Cl2N20O17S2. The molecule has 8 aliphatic rings. The Labute approximate surface area is 811 Å². The third-order valence-electron chi connectivity index (χ3n) is 24.7. The Balaban J connectivity index is 0.000000203. The molecule has 4 fully saturated rings. The van der Waals surface area contributed by atoms with Crippen molar-refractivity contribution in [3.8, 4) is 21.5 Å². The number of ether oxygens (including phenoxy) is 2. The largest absolute Gasteiger partial charge is 0.483 e. The number of carbonyl (C=O) groups is 14. The summed E-state index contributed by atoms with van der Waals surface area (Å²) in [5.41, 5.74) is 5.78. The fraction of sp³-hybridized carbons (Fsp3) is 0.458. The van der Waals surface area contributed by atoms with Crippen molar-refractivity contribution in [1.82, 2.24) is 90.8 Å². The first-order chi connectivity index (χ1) is 64.9. The molecule has 0 aliphatic carbocycles. The van der Waals surface area contributed by atoms with Crippen molar-refractivity contribution in [3.63, 3.8) is 0 Å². The van der Waals surface area contributed by atoms with Crippen LogP contribution < -0.4 is 41.4 Å². The van der Waals surface area contributed by atoms with Gasteiger partial charge in [0.15, 0.2) is 24.9 Å². The number of aromatic nitrogens is 6. The second kappa shape index (κ2) is 47.0. The molecule has 12 heterocycles. The van der Waals surface area contributed by atoms with Crippen molar-refractivity contribution < 1.29 is 81.7 Å². The van der Waals surface area contributed by atoms with Gasteiger partial charge in [0.2, 0.25) is 29.5 Å². The van der Waals surface area contributed by atoms with E-state index in [-0.39, 0.29) is 129 Å². The van der Waals surface area contributed by atoms with Gasteiger partial charge in [0.25, 0.3) is 41.4 Å². The highest BCUT2D eigenvalue weighted by molar-refractivity contribution is 7.17. The number of halogens is 2. The number of rotatable bonds is 34. The number of Topliss-reactive ketones (excluding diaryl/α,β-unsaturated/α-hetero) is 1. The minimum atomic E-state index is -1.13. The summed E-state index contributed by atoms with van der Waals surface area (Å²) in [5.74, 6) is -4.64. The summed E-state index contributed by atoms with van der Waals surface area (Å²) in [4.78, 5) is 199. The molecule has 0 saturated carbocycles. The molecule has 4 saturated heterocycles. The maximum Gasteiger partial charge on any atom is 0.346 e. The smallest absolute Gasteiger partial charge is 0.346 e. The third-order valence-corrected chi connectivity index (χ3v) is 27.7. The first kappa shape index (κ1) is 103. The molecule has 8 aromatic rings. The highest BCUT2D eigenvalue weighted by atomic mass is 35.5. The van der Waals surface area contributed by atoms with Crippen LogP contribution in [-0.4, -0.2) is 289 Å². The Morgan fingerprint density at radius 1 is 0.482 bits per heavy atom. The first-order valence-corrected chi connectivity index (χ1v) is 47.7. The number of aromatic carboxylic acids is 1. The number of fused-ring (bicyclic) bond motifs is 8. The number of benzene rings is 4. The molecule has 0 spiro atoms. The molecule has 0 bridgehead atoms. The fourth-order valence-electron chi connectivity index (χ4n) is 17.3. The Morgan fingerprint density at radius 3 is 1.35 bits per heavy atom. The molecule has 8 aliphatic heterocycles. The van der Waals surface area contributed by atoms with Gasteiger partial charge in [-0.2, -0.15) is 0 Å². The number of imide groups is 4. The number of unbranched alkanes of at least 4 members (excludes halogenated alkanes) is 4. The van der Waals surface area contributed by atoms with Crippen LogP contribution in [0, 0.1) is 27.7 Å². The van der Waals surface area contributed by atoms with E-state index in [1.807, 2.05) is 54.2 Å². The lowest BCUT2D eigenvalue weighted by Gasteiger charge is -2.32. The van der Waals surface area contributed by atoms with Gasteiger partial charge in [0, 0.05) is 137 Å². The van der Waals surface area contributed by atoms with E-state index in [4.69, 9.17) is 42.7 Å². The van der Waals surface area contributed by atoms with Crippen molar-refractivity contribution >= 4 is 140 Å². The number of piperidine rings is 2. The highest BCUT2D eigenvalue weighted by Gasteiger charge is 2.49. The van der Waals surface area contributed by atoms with Crippen LogP contribution in [0.5, 0.6) is 11.5 Å². The maximum absolute atomic E-state index is 13.8. The van der Waals surface area contributed by atoms with Gasteiger partial charge in [-0.05, 0) is 166 Å². The number of carboxylic acids is 1. The van der Waals surface area contributed by atoms with Crippen LogP contribution in [0.3, 0.4) is 0 Å². The summed E-state index contributed by atoms with van der Waals surface area (Å²) in [5, 5.41) is 46.0. The third kappa shape index (κ3) is 24.2. The Hall–Kier alpha value is -12.5. The van der Waals surface area contributed by atoms with Crippen LogP contribution in [0.4, 0.5) is 0 Å². The number of nitrogens with one attached hydrogen (secondary N) is 6. The summed E-state index contributed by atoms with van der Waals surface area (Å²) >= 11 is 15.0. The zero-order valence-electron chi connectivity index (χ0n) is 76.1. The summed E-state index contributed by atoms with van der Waals surface area (Å²) in [6.45, 7) is 20.8. The number of likely N-dealkylation sites (N-methyl/N-ethyl adjacent to an activating group) is 2. The van der Waals surface area contributed by atoms with Crippen LogP contribution in [-0.2, 0) is 38.4 Å². The minimum Gasteiger partial charge on any atom is -0.483 e. The van der Waals surface area contributed by atoms with E-state index in [0.717, 1.165) is 141 Å². The van der Waals surface area contributed by atoms with E-state index in [0.29, 0.717) is 105 Å². The van der Waals surface area contributed by atoms with E-state index in [1.165, 1.54) is 53.0 Å². The zero-order chi connectivity index (χ0) is 96.0. The number of thiophene rings is 2. The molecule has 0 radical (unpaired) electrons. The summed E-state index contributed by atoms with van der Waals surface area (Å²) in [7, 11) is 4.28. The number of aliphatic imine (C=N–C) groups is 2. The van der Waals surface area contributed by atoms with E-state index in [1.54, 1.807) is 37.3 Å². The molecule has 37 nitrogen and oxygen atoms in total. The number of carbonyl (C=O) groups excluding carboxylic acids is 13. The van der Waals surface area contributed by atoms with Crippen LogP contribution in [0.2, 0.25) is 10.0 Å². The first-order valence-electron chi connectivity index (χ1n) is 45.3. The second-order valence-corrected chi connectivity index (χ2v) is 37.1. The number of ketones is 1. The zero-order valence-corrected chi connectivity index (χ0v) is 79.3. The van der Waals surface area contributed by atoms with Crippen LogP contribution in [0.1, 0.15) is 248 Å². The van der Waals surface area contributed by atoms with Gasteiger partial charge in [0.1, 0.15) is 68.0 Å². The van der Waals surface area contributed by atoms with Crippen molar-refractivity contribution in [2.75, 3.05) is 119 Å². The monoisotopic (exact) mass is 1950 g/mol. The predicted molar refractivity (Wildman–Crippen MR) is 515 cm³/mol. The Kier molecular flexibility index (Phi) is 35.5. The summed E-state index contributed by atoms with van der Waals surface area (Å²) in [6.07, 6.45) is 7.57. The standard InChI is InChI=1S/C46H52ClN11O8S.C28H33ClN6O3S.C20H23N3O6.2CH4/c1-26-37-39(28-10-12-29(47)13-11-28)51-31(24-35(60)48-18-7-19-56-22-20-55(3)21-23-56)41-54-53-27(2)57(41)46(37)67-40(26)43(63)50-17-5-4-16-49-36(61)25-66-33-9-6-8-30-38(33)45(65)58(44(30)64)32-14-15-34(59)52-42(32)62;1-17-23-24(19-7-9-20(29)10-8-19)30-22(16-21(36)6-4-5-11-34-14-12-33(3)13-15-34)26-32-31-18(2)35(26)27(23)39-25(17)28(37)38;1-2-3-4-10-21-16(25)11-29-14-7-5-6-12-17(14)20(28)23(19(12)27)13-8-9-15(24)22-18(13)26;;/h6,8-13,31-32H,4-5,7,14-25H2,1-3H3,(H,48,60)(H,49,61)(H,50,63)(H,52,59,62);7-10,22H,4-6,11-16H2,1-3H3,(H,37,38);5-7,13H,2-4,8-11H2,1H3,(H,21,25)(H,22,24,26);2*1H4/t31-,32?;22-;;;/m01.../s1. The van der Waals surface area contributed by atoms with Crippen LogP contribution in [0.15, 0.2) is 94.9 Å². The van der Waals surface area contributed by atoms with Crippen LogP contribution >= 0.6 is 45.9 Å². The number of amides is 12. The Bertz CT molecular complexity index is 5970. The molecule has 2 unspecified atom stereocenters. The number of piperazine rings is 2. The van der Waals surface area contributed by atoms with Gasteiger partial charge in [-0.3, -0.25) is 102 Å². The normalized spacial score (nSPS) is 18.0. The predicted octanol–water partition coefficient (Wildman–Crippen LogP) is 9.35. The van der Waals surface area contributed by atoms with Crippen molar-refractivity contribution in [1.29, 1.82) is 0 Å². The molecule has 728 valence electrons. The van der Waals surface area contributed by atoms with Gasteiger partial charge in [-0.1, -0.05) is 94.2 Å². The highest BCUT2D eigenvalue weighted by Crippen LogP contribution is 2.44. The summed E-state index contributed by atoms with van der Waals surface area (Å²) < 4.78 is 14.9. The van der Waals surface area contributed by atoms with Gasteiger partial charge in [-0.25, -0.2) is 4.79 Å². The van der Waals surface area contributed by atoms with Gasteiger partial charge in [-0.15, -0.1) is 43.1 Å². The van der Waals surface area contributed by atoms with Crippen molar-refractivity contribution in [3.05, 3.63) is 184 Å². The number of nitrogens with zero attached hydrogens (tertiary/aromatic N) is 14. The van der Waals surface area contributed by atoms with Gasteiger partial charge >= 0.3 is 5.97 Å². The molecule has 41 heteroatoms. The fourth-order valence-corrected chi connectivity index (χ4v) is 20.1. The van der Waals surface area contributed by atoms with E-state index >= 15 is 0 Å². The molecule has 12 amide bonds. The number of hydrogen-bond donors (Lipinski definition) is 7. The molecular weight excluding hydrogens is 1840 g/mol. The van der Waals surface area contributed by atoms with Crippen molar-refractivity contribution in [2.24, 2.45) is 9.98 Å². The average Bonchev–Trinajstić information content (AvgIpc) is 1.59. The maximum atomic E-state index is 13.8. The molecule has 137 heavy (non-hydrogen) atoms. The minimum absolute atomic E-state index is 0. The number of aryl methyl sites for hydroxylation is 2. The van der Waals surface area contributed by atoms with Crippen LogP contribution in [0.25, 0.3) is 10.0 Å². The van der Waals surface area contributed by atoms with Gasteiger partial charge in [0.05, 0.1) is 45.0 Å². The Morgan fingerprint density at radius 2 is 0.898 bits per heavy atom. The lowest BCUT2D eigenvalue weighted by Crippen LogP contribution is -2.54. The molecule has 7 N–H and O–H groups in total. The number of hydrogen-bond acceptors (Lipinski definition) is 28. The average molecular weight is 1960 g/mol. The lowest BCUT2D eigenvalue weighted by molar-refractivity contribution is -0.137. The second-order valence-electron chi connectivity index (χ2n) is 34.3. The SMILES string of the molecule is C.C.CCCCCNC(=O)COc1cccc2c1C(=O)N(C1CCC(=O)NC1=O)C2=O.Cc1c(C(=O)NCCCCNC(=O)COc2cccc3c2C(=O)N(C2CCC(=O)NC2=O)C3=O)sc2c1C(c1ccc(Cl)cc1)=N[C@@H](CC(=O)NCCCN1CCN(C)CC1)c1nnc(C)n1-2.Cc1c(C(=O)O)sc2c1C(c1ccc(Cl)cc1)=N[C@H](CC(=O)CCCCN1CCN(C)CC1)c1nnc(C)n1-2.